The largest absolute Gasteiger partial charge is 0.477 e. The second-order valence-electron chi connectivity index (χ2n) is 4.77. The first kappa shape index (κ1) is 15.3. The molecule has 2 heterocycles. The van der Waals surface area contributed by atoms with Crippen LogP contribution in [0.25, 0.3) is 0 Å². The summed E-state index contributed by atoms with van der Waals surface area (Å²) < 4.78 is 33.6. The van der Waals surface area contributed by atoms with E-state index in [-0.39, 0.29) is 10.6 Å². The SMILES string of the molecule is Cc1ccc(C(C)NS(=O)(=O)c2cc(C(=O)O)n(C)c2)o1. The Kier molecular flexibility index (Phi) is 3.93. The maximum absolute atomic E-state index is 12.3. The van der Waals surface area contributed by atoms with Crippen LogP contribution in [-0.2, 0) is 17.1 Å². The molecule has 114 valence electrons. The van der Waals surface area contributed by atoms with E-state index < -0.39 is 22.0 Å². The van der Waals surface area contributed by atoms with Crippen LogP contribution >= 0.6 is 0 Å². The minimum atomic E-state index is -3.83. The molecule has 2 aromatic heterocycles. The first-order chi connectivity index (χ1) is 9.70. The van der Waals surface area contributed by atoms with E-state index in [2.05, 4.69) is 4.72 Å². The van der Waals surface area contributed by atoms with Gasteiger partial charge < -0.3 is 14.1 Å². The van der Waals surface area contributed by atoms with Gasteiger partial charge in [0.05, 0.1) is 6.04 Å². The molecule has 0 aliphatic heterocycles. The van der Waals surface area contributed by atoms with Gasteiger partial charge in [-0.2, -0.15) is 0 Å². The third-order valence-corrected chi connectivity index (χ3v) is 4.54. The van der Waals surface area contributed by atoms with Crippen LogP contribution in [0.3, 0.4) is 0 Å². The fourth-order valence-electron chi connectivity index (χ4n) is 1.94. The third kappa shape index (κ3) is 3.17. The molecule has 0 bridgehead atoms. The number of carboxylic acids is 1. The molecule has 0 saturated heterocycles. The molecule has 2 aromatic rings. The highest BCUT2D eigenvalue weighted by atomic mass is 32.2. The van der Waals surface area contributed by atoms with Crippen molar-refractivity contribution in [2.24, 2.45) is 7.05 Å². The maximum Gasteiger partial charge on any atom is 0.352 e. The molecule has 0 aliphatic rings. The molecule has 0 saturated carbocycles. The number of rotatable bonds is 5. The summed E-state index contributed by atoms with van der Waals surface area (Å²) >= 11 is 0. The smallest absolute Gasteiger partial charge is 0.352 e. The van der Waals surface area contributed by atoms with E-state index in [0.717, 1.165) is 6.07 Å². The van der Waals surface area contributed by atoms with E-state index >= 15 is 0 Å². The van der Waals surface area contributed by atoms with Gasteiger partial charge in [0.1, 0.15) is 22.1 Å². The lowest BCUT2D eigenvalue weighted by Crippen LogP contribution is -2.26. The number of carbonyl (C=O) groups is 1. The summed E-state index contributed by atoms with van der Waals surface area (Å²) in [5.74, 6) is -0.0111. The number of nitrogens with one attached hydrogen (secondary N) is 1. The molecule has 0 amide bonds. The zero-order chi connectivity index (χ0) is 15.8. The van der Waals surface area contributed by atoms with E-state index in [4.69, 9.17) is 9.52 Å². The van der Waals surface area contributed by atoms with Gasteiger partial charge in [-0.05, 0) is 32.0 Å². The molecule has 0 radical (unpaired) electrons. The quantitative estimate of drug-likeness (QED) is 0.874. The van der Waals surface area contributed by atoms with Crippen LogP contribution in [0.5, 0.6) is 0 Å². The number of aromatic nitrogens is 1. The summed E-state index contributed by atoms with van der Waals surface area (Å²) in [6.07, 6.45) is 1.26. The molecule has 1 unspecified atom stereocenters. The van der Waals surface area contributed by atoms with Gasteiger partial charge in [-0.1, -0.05) is 0 Å². The van der Waals surface area contributed by atoms with Crippen molar-refractivity contribution in [1.29, 1.82) is 0 Å². The van der Waals surface area contributed by atoms with Gasteiger partial charge in [0.15, 0.2) is 0 Å². The van der Waals surface area contributed by atoms with Gasteiger partial charge in [0, 0.05) is 13.2 Å². The van der Waals surface area contributed by atoms with Crippen LogP contribution in [0, 0.1) is 6.92 Å². The van der Waals surface area contributed by atoms with Gasteiger partial charge in [0.2, 0.25) is 10.0 Å². The highest BCUT2D eigenvalue weighted by Crippen LogP contribution is 2.20. The van der Waals surface area contributed by atoms with Gasteiger partial charge in [0.25, 0.3) is 0 Å². The van der Waals surface area contributed by atoms with Gasteiger partial charge in [-0.3, -0.25) is 0 Å². The van der Waals surface area contributed by atoms with Crippen LogP contribution in [0.1, 0.15) is 35.0 Å². The molecular weight excluding hydrogens is 296 g/mol. The van der Waals surface area contributed by atoms with Gasteiger partial charge >= 0.3 is 5.97 Å². The monoisotopic (exact) mass is 312 g/mol. The van der Waals surface area contributed by atoms with Crippen LogP contribution in [-0.4, -0.2) is 24.1 Å². The van der Waals surface area contributed by atoms with Crippen molar-refractivity contribution in [3.63, 3.8) is 0 Å². The number of hydrogen-bond donors (Lipinski definition) is 2. The fraction of sp³-hybridized carbons (Fsp3) is 0.308. The Balaban J connectivity index is 2.26. The van der Waals surface area contributed by atoms with E-state index in [9.17, 15) is 13.2 Å². The van der Waals surface area contributed by atoms with Crippen LogP contribution < -0.4 is 4.72 Å². The molecule has 0 spiro atoms. The second kappa shape index (κ2) is 5.38. The maximum atomic E-state index is 12.3. The number of nitrogens with zero attached hydrogens (tertiary/aromatic N) is 1. The van der Waals surface area contributed by atoms with Crippen molar-refractivity contribution in [3.05, 3.63) is 41.6 Å². The topological polar surface area (TPSA) is 102 Å². The Bertz CT molecular complexity index is 772. The van der Waals surface area contributed by atoms with Crippen molar-refractivity contribution in [1.82, 2.24) is 9.29 Å². The summed E-state index contributed by atoms with van der Waals surface area (Å²) in [7, 11) is -2.35. The summed E-state index contributed by atoms with van der Waals surface area (Å²) in [4.78, 5) is 10.9. The zero-order valence-corrected chi connectivity index (χ0v) is 12.6. The Labute approximate surface area is 122 Å². The van der Waals surface area contributed by atoms with Crippen molar-refractivity contribution < 1.29 is 22.7 Å². The van der Waals surface area contributed by atoms with Crippen LogP contribution in [0.4, 0.5) is 0 Å². The van der Waals surface area contributed by atoms with E-state index in [1.54, 1.807) is 26.0 Å². The van der Waals surface area contributed by atoms with Crippen LogP contribution in [0.15, 0.2) is 33.7 Å². The highest BCUT2D eigenvalue weighted by molar-refractivity contribution is 7.89. The predicted octanol–water partition coefficient (Wildman–Crippen LogP) is 1.66. The molecule has 1 atom stereocenters. The Morgan fingerprint density at radius 3 is 2.57 bits per heavy atom. The van der Waals surface area contributed by atoms with Crippen molar-refractivity contribution >= 4 is 16.0 Å². The number of carboxylic acid groups (broad SMARTS) is 1. The van der Waals surface area contributed by atoms with E-state index in [1.807, 2.05) is 0 Å². The molecule has 8 heteroatoms. The van der Waals surface area contributed by atoms with Crippen molar-refractivity contribution in [3.8, 4) is 0 Å². The number of aromatic carboxylic acids is 1. The highest BCUT2D eigenvalue weighted by Gasteiger charge is 2.23. The first-order valence-electron chi connectivity index (χ1n) is 6.19. The van der Waals surface area contributed by atoms with Gasteiger partial charge in [-0.15, -0.1) is 0 Å². The summed E-state index contributed by atoms with van der Waals surface area (Å²) in [5.41, 5.74) is -0.100. The van der Waals surface area contributed by atoms with Crippen molar-refractivity contribution in [2.75, 3.05) is 0 Å². The normalized spacial score (nSPS) is 13.3. The van der Waals surface area contributed by atoms with E-state index in [1.165, 1.54) is 17.8 Å². The molecular formula is C13H16N2O5S. The molecule has 21 heavy (non-hydrogen) atoms. The Hall–Kier alpha value is -2.06. The zero-order valence-electron chi connectivity index (χ0n) is 11.8. The Morgan fingerprint density at radius 1 is 1.43 bits per heavy atom. The van der Waals surface area contributed by atoms with E-state index in [0.29, 0.717) is 11.5 Å². The summed E-state index contributed by atoms with van der Waals surface area (Å²) in [5, 5.41) is 8.96. The number of hydrogen-bond acceptors (Lipinski definition) is 4. The summed E-state index contributed by atoms with van der Waals surface area (Å²) in [6, 6.07) is 3.99. The fourth-order valence-corrected chi connectivity index (χ4v) is 3.22. The molecule has 2 rings (SSSR count). The number of sulfonamides is 1. The lowest BCUT2D eigenvalue weighted by Gasteiger charge is -2.10. The summed E-state index contributed by atoms with van der Waals surface area (Å²) in [6.45, 7) is 3.41. The molecule has 0 fully saturated rings. The first-order valence-corrected chi connectivity index (χ1v) is 7.67. The molecule has 0 aliphatic carbocycles. The predicted molar refractivity (Wildman–Crippen MR) is 74.6 cm³/mol. The number of aryl methyl sites for hydroxylation is 2. The molecule has 2 N–H and O–H groups in total. The van der Waals surface area contributed by atoms with Crippen LogP contribution in [0.2, 0.25) is 0 Å². The number of furan rings is 1. The standard InChI is InChI=1S/C13H16N2O5S/c1-8-4-5-12(20-8)9(2)14-21(18,19)10-6-11(13(16)17)15(3)7-10/h4-7,9,14H,1-3H3,(H,16,17). The minimum absolute atomic E-state index is 0.0995. The van der Waals surface area contributed by atoms with Crippen molar-refractivity contribution in [2.45, 2.75) is 24.8 Å². The molecule has 0 aromatic carbocycles. The molecule has 7 nitrogen and oxygen atoms in total. The average molecular weight is 312 g/mol. The average Bonchev–Trinajstić information content (AvgIpc) is 2.95. The lowest BCUT2D eigenvalue weighted by atomic mass is 10.3. The lowest BCUT2D eigenvalue weighted by molar-refractivity contribution is 0.0686. The van der Waals surface area contributed by atoms with Gasteiger partial charge in [-0.25, -0.2) is 17.9 Å². The minimum Gasteiger partial charge on any atom is -0.477 e. The Morgan fingerprint density at radius 2 is 2.10 bits per heavy atom. The third-order valence-electron chi connectivity index (χ3n) is 3.03. The second-order valence-corrected chi connectivity index (χ2v) is 6.48.